The molecule has 1 atom stereocenters. The van der Waals surface area contributed by atoms with Crippen molar-refractivity contribution in [1.82, 2.24) is 24.7 Å². The predicted molar refractivity (Wildman–Crippen MR) is 129 cm³/mol. The van der Waals surface area contributed by atoms with Gasteiger partial charge in [-0.1, -0.05) is 30.3 Å². The molecule has 192 valence electrons. The lowest BCUT2D eigenvalue weighted by molar-refractivity contribution is -0.192. The monoisotopic (exact) mass is 512 g/mol. The standard InChI is InChI=1S/C23H22N6O.C2HF3O2/c1-16-7-10-28-12-9-24-22(20(16)28)29-11-8-19(15-29)27-23(30)21-25-13-18(14-26-21)17-5-3-2-4-6-17;3-2(4,5)1(6)7/h2-7,9-10,12-14,19H,8,11,15H2,1H3,(H,27,30);(H,6,7)/t19-;/m0./s1. The topological polar surface area (TPSA) is 113 Å². The molecule has 0 aliphatic carbocycles. The van der Waals surface area contributed by atoms with Crippen molar-refractivity contribution < 1.29 is 27.9 Å². The van der Waals surface area contributed by atoms with Crippen molar-refractivity contribution >= 4 is 23.2 Å². The van der Waals surface area contributed by atoms with Crippen LogP contribution in [0, 0.1) is 6.92 Å². The second-order valence-electron chi connectivity index (χ2n) is 8.37. The first-order valence-electron chi connectivity index (χ1n) is 11.3. The summed E-state index contributed by atoms with van der Waals surface area (Å²) in [5.74, 6) is -1.85. The number of hydrogen-bond donors (Lipinski definition) is 2. The SMILES string of the molecule is Cc1ccn2ccnc(N3CC[C@H](NC(=O)c4ncc(-c5ccccc5)cn4)C3)c12.O=C(O)C(F)(F)F. The van der Waals surface area contributed by atoms with Crippen molar-refractivity contribution in [2.75, 3.05) is 18.0 Å². The molecule has 2 N–H and O–H groups in total. The molecular weight excluding hydrogens is 489 g/mol. The Morgan fingerprint density at radius 3 is 2.35 bits per heavy atom. The van der Waals surface area contributed by atoms with Crippen LogP contribution in [0.15, 0.2) is 67.4 Å². The van der Waals surface area contributed by atoms with Gasteiger partial charge in [-0.3, -0.25) is 4.79 Å². The fourth-order valence-electron chi connectivity index (χ4n) is 3.98. The molecule has 1 aliphatic rings. The Morgan fingerprint density at radius 1 is 1.03 bits per heavy atom. The quantitative estimate of drug-likeness (QED) is 0.428. The first-order valence-corrected chi connectivity index (χ1v) is 11.3. The molecule has 4 aromatic rings. The van der Waals surface area contributed by atoms with E-state index in [1.165, 1.54) is 5.56 Å². The normalized spacial score (nSPS) is 15.2. The zero-order valence-electron chi connectivity index (χ0n) is 19.7. The summed E-state index contributed by atoms with van der Waals surface area (Å²) in [7, 11) is 0. The molecule has 0 bridgehead atoms. The number of aryl methyl sites for hydroxylation is 1. The number of halogens is 3. The van der Waals surface area contributed by atoms with Gasteiger partial charge in [0.05, 0.1) is 5.52 Å². The van der Waals surface area contributed by atoms with Crippen LogP contribution in [-0.4, -0.2) is 61.6 Å². The summed E-state index contributed by atoms with van der Waals surface area (Å²) in [6, 6.07) is 12.0. The van der Waals surface area contributed by atoms with Gasteiger partial charge in [-0.2, -0.15) is 13.2 Å². The predicted octanol–water partition coefficient (Wildman–Crippen LogP) is 3.74. The first kappa shape index (κ1) is 25.6. The van der Waals surface area contributed by atoms with Crippen LogP contribution in [0.2, 0.25) is 0 Å². The van der Waals surface area contributed by atoms with Crippen molar-refractivity contribution in [3.8, 4) is 11.1 Å². The molecule has 37 heavy (non-hydrogen) atoms. The van der Waals surface area contributed by atoms with Gasteiger partial charge >= 0.3 is 12.1 Å². The molecule has 12 heteroatoms. The van der Waals surface area contributed by atoms with E-state index in [0.29, 0.717) is 6.54 Å². The number of carbonyl (C=O) groups excluding carboxylic acids is 1. The molecule has 0 unspecified atom stereocenters. The van der Waals surface area contributed by atoms with Crippen molar-refractivity contribution in [2.24, 2.45) is 0 Å². The third-order valence-electron chi connectivity index (χ3n) is 5.78. The maximum atomic E-state index is 12.6. The molecule has 1 aromatic carbocycles. The van der Waals surface area contributed by atoms with Gasteiger partial charge in [-0.15, -0.1) is 0 Å². The molecule has 4 heterocycles. The summed E-state index contributed by atoms with van der Waals surface area (Å²) in [6.45, 7) is 3.65. The zero-order chi connectivity index (χ0) is 26.6. The minimum Gasteiger partial charge on any atom is -0.475 e. The summed E-state index contributed by atoms with van der Waals surface area (Å²) in [6.07, 6.45) is 4.97. The van der Waals surface area contributed by atoms with Crippen LogP contribution in [-0.2, 0) is 4.79 Å². The smallest absolute Gasteiger partial charge is 0.475 e. The highest BCUT2D eigenvalue weighted by atomic mass is 19.4. The van der Waals surface area contributed by atoms with E-state index in [-0.39, 0.29) is 17.8 Å². The van der Waals surface area contributed by atoms with Gasteiger partial charge in [-0.25, -0.2) is 19.7 Å². The Hall–Kier alpha value is -4.48. The number of anilines is 1. The molecule has 0 saturated carbocycles. The molecule has 1 fully saturated rings. The summed E-state index contributed by atoms with van der Waals surface area (Å²) >= 11 is 0. The van der Waals surface area contributed by atoms with Crippen LogP contribution in [0.25, 0.3) is 16.6 Å². The molecule has 1 amide bonds. The van der Waals surface area contributed by atoms with Crippen LogP contribution in [0.3, 0.4) is 0 Å². The molecular formula is C25H23F3N6O3. The van der Waals surface area contributed by atoms with E-state index in [2.05, 4.69) is 42.6 Å². The van der Waals surface area contributed by atoms with E-state index < -0.39 is 12.1 Å². The molecule has 9 nitrogen and oxygen atoms in total. The Kier molecular flexibility index (Phi) is 7.37. The molecule has 0 radical (unpaired) electrons. The Bertz CT molecular complexity index is 1390. The number of aliphatic carboxylic acids is 1. The maximum absolute atomic E-state index is 12.6. The number of hydrogen-bond acceptors (Lipinski definition) is 6. The van der Waals surface area contributed by atoms with Crippen molar-refractivity contribution in [1.29, 1.82) is 0 Å². The van der Waals surface area contributed by atoms with Gasteiger partial charge < -0.3 is 19.7 Å². The van der Waals surface area contributed by atoms with E-state index in [9.17, 15) is 18.0 Å². The van der Waals surface area contributed by atoms with E-state index in [4.69, 9.17) is 9.90 Å². The number of fused-ring (bicyclic) bond motifs is 1. The lowest BCUT2D eigenvalue weighted by atomic mass is 10.1. The number of nitrogens with one attached hydrogen (secondary N) is 1. The minimum absolute atomic E-state index is 0.0345. The number of carboxylic acid groups (broad SMARTS) is 1. The average Bonchev–Trinajstić information content (AvgIpc) is 3.51. The van der Waals surface area contributed by atoms with E-state index in [1.807, 2.05) is 48.9 Å². The summed E-state index contributed by atoms with van der Waals surface area (Å²) in [4.78, 5) is 36.9. The fraction of sp³-hybridized carbons (Fsp3) is 0.240. The highest BCUT2D eigenvalue weighted by Crippen LogP contribution is 2.26. The van der Waals surface area contributed by atoms with Crippen LogP contribution >= 0.6 is 0 Å². The number of benzene rings is 1. The molecule has 1 aliphatic heterocycles. The van der Waals surface area contributed by atoms with Crippen molar-refractivity contribution in [2.45, 2.75) is 25.6 Å². The number of rotatable bonds is 4. The lowest BCUT2D eigenvalue weighted by Gasteiger charge is -2.19. The highest BCUT2D eigenvalue weighted by Gasteiger charge is 2.38. The Morgan fingerprint density at radius 2 is 1.70 bits per heavy atom. The molecule has 1 saturated heterocycles. The van der Waals surface area contributed by atoms with Crippen LogP contribution in [0.5, 0.6) is 0 Å². The van der Waals surface area contributed by atoms with Gasteiger partial charge in [0.2, 0.25) is 5.82 Å². The molecule has 3 aromatic heterocycles. The lowest BCUT2D eigenvalue weighted by Crippen LogP contribution is -2.38. The third kappa shape index (κ3) is 6.02. The summed E-state index contributed by atoms with van der Waals surface area (Å²) in [5, 5.41) is 10.2. The van der Waals surface area contributed by atoms with Gasteiger partial charge in [0.25, 0.3) is 5.91 Å². The zero-order valence-corrected chi connectivity index (χ0v) is 19.7. The highest BCUT2D eigenvalue weighted by molar-refractivity contribution is 5.91. The summed E-state index contributed by atoms with van der Waals surface area (Å²) in [5.41, 5.74) is 4.22. The van der Waals surface area contributed by atoms with Gasteiger partial charge in [0, 0.05) is 55.7 Å². The molecule has 5 rings (SSSR count). The number of aromatic nitrogens is 4. The first-order chi connectivity index (χ1) is 17.6. The van der Waals surface area contributed by atoms with E-state index in [1.54, 1.807) is 12.4 Å². The van der Waals surface area contributed by atoms with E-state index in [0.717, 1.165) is 35.4 Å². The number of nitrogens with zero attached hydrogens (tertiary/aromatic N) is 5. The number of alkyl halides is 3. The number of carbonyl (C=O) groups is 2. The van der Waals surface area contributed by atoms with Crippen LogP contribution in [0.4, 0.5) is 19.0 Å². The number of carboxylic acids is 1. The minimum atomic E-state index is -5.08. The molecule has 0 spiro atoms. The number of amides is 1. The fourth-order valence-corrected chi connectivity index (χ4v) is 3.98. The Labute approximate surface area is 209 Å². The second kappa shape index (κ2) is 10.6. The van der Waals surface area contributed by atoms with Gasteiger partial charge in [-0.05, 0) is 30.5 Å². The largest absolute Gasteiger partial charge is 0.490 e. The Balaban J connectivity index is 0.000000405. The van der Waals surface area contributed by atoms with Gasteiger partial charge in [0.15, 0.2) is 5.82 Å². The van der Waals surface area contributed by atoms with Gasteiger partial charge in [0.1, 0.15) is 0 Å². The second-order valence-corrected chi connectivity index (χ2v) is 8.37. The van der Waals surface area contributed by atoms with Crippen molar-refractivity contribution in [3.63, 3.8) is 0 Å². The summed E-state index contributed by atoms with van der Waals surface area (Å²) < 4.78 is 33.8. The third-order valence-corrected chi connectivity index (χ3v) is 5.78. The van der Waals surface area contributed by atoms with Crippen molar-refractivity contribution in [3.05, 3.63) is 78.8 Å². The maximum Gasteiger partial charge on any atom is 0.490 e. The van der Waals surface area contributed by atoms with E-state index >= 15 is 0 Å². The average molecular weight is 512 g/mol. The van der Waals surface area contributed by atoms with Crippen LogP contribution in [0.1, 0.15) is 22.6 Å². The van der Waals surface area contributed by atoms with Crippen LogP contribution < -0.4 is 10.2 Å².